The van der Waals surface area contributed by atoms with E-state index in [4.69, 9.17) is 14.5 Å². The van der Waals surface area contributed by atoms with Gasteiger partial charge in [-0.25, -0.2) is 4.98 Å². The second kappa shape index (κ2) is 7.66. The zero-order valence-electron chi connectivity index (χ0n) is 15.9. The molecule has 140 valence electrons. The van der Waals surface area contributed by atoms with Crippen LogP contribution < -0.4 is 9.47 Å². The van der Waals surface area contributed by atoms with E-state index in [9.17, 15) is 0 Å². The van der Waals surface area contributed by atoms with Crippen LogP contribution in [0.2, 0.25) is 0 Å². The first kappa shape index (κ1) is 17.9. The zero-order valence-corrected chi connectivity index (χ0v) is 16.7. The number of hydrogen-bond acceptors (Lipinski definition) is 6. The van der Waals surface area contributed by atoms with Gasteiger partial charge in [0.1, 0.15) is 6.61 Å². The molecular formula is C21H23N3O2S. The second-order valence-electron chi connectivity index (χ2n) is 6.75. The minimum Gasteiger partial charge on any atom is -0.493 e. The van der Waals surface area contributed by atoms with Gasteiger partial charge in [-0.2, -0.15) is 0 Å². The molecule has 2 aromatic heterocycles. The number of rotatable bonds is 4. The molecule has 0 aliphatic carbocycles. The first-order chi connectivity index (χ1) is 13.1. The second-order valence-corrected chi connectivity index (χ2v) is 7.78. The Morgan fingerprint density at radius 3 is 2.96 bits per heavy atom. The third-order valence-corrected chi connectivity index (χ3v) is 5.57. The van der Waals surface area contributed by atoms with Crippen molar-refractivity contribution in [3.63, 3.8) is 0 Å². The fourth-order valence-electron chi connectivity index (χ4n) is 3.40. The van der Waals surface area contributed by atoms with E-state index in [0.717, 1.165) is 59.3 Å². The summed E-state index contributed by atoms with van der Waals surface area (Å²) in [5.74, 6) is 1.59. The van der Waals surface area contributed by atoms with Gasteiger partial charge in [-0.1, -0.05) is 6.07 Å². The molecule has 1 aromatic carbocycles. The molecular weight excluding hydrogens is 358 g/mol. The van der Waals surface area contributed by atoms with E-state index in [2.05, 4.69) is 33.5 Å². The monoisotopic (exact) mass is 381 g/mol. The number of hydrogen-bond donors (Lipinski definition) is 0. The number of aromatic nitrogens is 2. The van der Waals surface area contributed by atoms with Crippen molar-refractivity contribution in [2.24, 2.45) is 0 Å². The molecule has 27 heavy (non-hydrogen) atoms. The van der Waals surface area contributed by atoms with Crippen LogP contribution in [0, 0.1) is 13.8 Å². The number of methoxy groups -OCH3 is 1. The maximum absolute atomic E-state index is 6.07. The van der Waals surface area contributed by atoms with Gasteiger partial charge < -0.3 is 9.47 Å². The van der Waals surface area contributed by atoms with E-state index in [0.29, 0.717) is 6.61 Å². The maximum Gasteiger partial charge on any atom is 0.165 e. The van der Waals surface area contributed by atoms with Gasteiger partial charge in [-0.3, -0.25) is 9.88 Å². The molecule has 0 saturated carbocycles. The van der Waals surface area contributed by atoms with Crippen molar-refractivity contribution in [3.05, 3.63) is 57.7 Å². The van der Waals surface area contributed by atoms with Gasteiger partial charge in [-0.15, -0.1) is 11.3 Å². The quantitative estimate of drug-likeness (QED) is 0.677. The van der Waals surface area contributed by atoms with Gasteiger partial charge in [0.2, 0.25) is 0 Å². The lowest BCUT2D eigenvalue weighted by molar-refractivity contribution is 0.218. The fraction of sp³-hybridized carbons (Fsp3) is 0.333. The van der Waals surface area contributed by atoms with Crippen molar-refractivity contribution < 1.29 is 9.47 Å². The Labute approximate surface area is 163 Å². The van der Waals surface area contributed by atoms with E-state index < -0.39 is 0 Å². The molecule has 0 radical (unpaired) electrons. The minimum atomic E-state index is 0.650. The molecule has 0 N–H and O–H groups in total. The maximum atomic E-state index is 6.07. The number of thiophene rings is 1. The van der Waals surface area contributed by atoms with Gasteiger partial charge in [0.15, 0.2) is 11.5 Å². The molecule has 4 rings (SSSR count). The lowest BCUT2D eigenvalue weighted by Gasteiger charge is -2.19. The molecule has 0 unspecified atom stereocenters. The van der Waals surface area contributed by atoms with Crippen LogP contribution in [-0.2, 0) is 13.1 Å². The lowest BCUT2D eigenvalue weighted by Crippen LogP contribution is -2.24. The van der Waals surface area contributed by atoms with Gasteiger partial charge in [0, 0.05) is 41.8 Å². The minimum absolute atomic E-state index is 0.650. The predicted octanol–water partition coefficient (Wildman–Crippen LogP) is 4.23. The Bertz CT molecular complexity index is 941. The summed E-state index contributed by atoms with van der Waals surface area (Å²) >= 11 is 1.79. The molecule has 0 bridgehead atoms. The molecule has 0 amide bonds. The van der Waals surface area contributed by atoms with E-state index in [1.807, 2.05) is 19.9 Å². The molecule has 0 fully saturated rings. The van der Waals surface area contributed by atoms with Crippen LogP contribution in [0.1, 0.15) is 21.8 Å². The average molecular weight is 382 g/mol. The zero-order chi connectivity index (χ0) is 18.8. The van der Waals surface area contributed by atoms with Crippen LogP contribution in [0.3, 0.4) is 0 Å². The van der Waals surface area contributed by atoms with Crippen molar-refractivity contribution >= 4 is 11.3 Å². The Kier molecular flexibility index (Phi) is 5.09. The predicted molar refractivity (Wildman–Crippen MR) is 107 cm³/mol. The standard InChI is InChI=1S/C21H23N3O2S/c1-14-11-22-15(2)20(23-14)16-9-17-12-24(13-18-5-4-8-27-18)6-7-26-21(17)19(10-16)25-3/h4-5,8-11H,6-7,12-13H2,1-3H3. The highest BCUT2D eigenvalue weighted by molar-refractivity contribution is 7.09. The van der Waals surface area contributed by atoms with Crippen molar-refractivity contribution in [2.45, 2.75) is 26.9 Å². The van der Waals surface area contributed by atoms with Crippen molar-refractivity contribution in [1.29, 1.82) is 0 Å². The van der Waals surface area contributed by atoms with E-state index >= 15 is 0 Å². The highest BCUT2D eigenvalue weighted by atomic mass is 32.1. The van der Waals surface area contributed by atoms with E-state index in [-0.39, 0.29) is 0 Å². The van der Waals surface area contributed by atoms with Crippen LogP contribution in [-0.4, -0.2) is 35.1 Å². The van der Waals surface area contributed by atoms with Crippen LogP contribution >= 0.6 is 11.3 Å². The summed E-state index contributed by atoms with van der Waals surface area (Å²) in [5, 5.41) is 2.12. The highest BCUT2D eigenvalue weighted by Crippen LogP contribution is 2.38. The molecule has 3 aromatic rings. The van der Waals surface area contributed by atoms with Crippen LogP contribution in [0.15, 0.2) is 35.8 Å². The summed E-state index contributed by atoms with van der Waals surface area (Å²) in [7, 11) is 1.69. The summed E-state index contributed by atoms with van der Waals surface area (Å²) in [6.07, 6.45) is 1.80. The molecule has 0 spiro atoms. The van der Waals surface area contributed by atoms with Gasteiger partial charge in [0.25, 0.3) is 0 Å². The first-order valence-corrected chi connectivity index (χ1v) is 9.91. The van der Waals surface area contributed by atoms with Crippen molar-refractivity contribution in [3.8, 4) is 22.8 Å². The molecule has 5 nitrogen and oxygen atoms in total. The molecule has 0 atom stereocenters. The number of nitrogens with zero attached hydrogens (tertiary/aromatic N) is 3. The molecule has 6 heteroatoms. The van der Waals surface area contributed by atoms with Gasteiger partial charge in [0.05, 0.1) is 24.2 Å². The van der Waals surface area contributed by atoms with Crippen molar-refractivity contribution in [2.75, 3.05) is 20.3 Å². The van der Waals surface area contributed by atoms with Crippen LogP contribution in [0.4, 0.5) is 0 Å². The van der Waals surface area contributed by atoms with E-state index in [1.54, 1.807) is 24.6 Å². The largest absolute Gasteiger partial charge is 0.493 e. The number of benzene rings is 1. The number of ether oxygens (including phenoxy) is 2. The Balaban J connectivity index is 1.73. The Morgan fingerprint density at radius 1 is 1.30 bits per heavy atom. The first-order valence-electron chi connectivity index (χ1n) is 9.03. The summed E-state index contributed by atoms with van der Waals surface area (Å²) in [5.41, 5.74) is 4.85. The van der Waals surface area contributed by atoms with Crippen LogP contribution in [0.5, 0.6) is 11.5 Å². The van der Waals surface area contributed by atoms with Crippen LogP contribution in [0.25, 0.3) is 11.3 Å². The smallest absolute Gasteiger partial charge is 0.165 e. The number of fused-ring (bicyclic) bond motifs is 1. The van der Waals surface area contributed by atoms with Gasteiger partial charge in [-0.05, 0) is 37.4 Å². The molecule has 3 heterocycles. The van der Waals surface area contributed by atoms with Gasteiger partial charge >= 0.3 is 0 Å². The average Bonchev–Trinajstić information content (AvgIpc) is 3.08. The van der Waals surface area contributed by atoms with E-state index in [1.165, 1.54) is 4.88 Å². The SMILES string of the molecule is COc1cc(-c2nc(C)cnc2C)cc2c1OCCN(Cc1cccs1)C2. The number of aryl methyl sites for hydroxylation is 2. The molecule has 0 saturated heterocycles. The molecule has 1 aliphatic heterocycles. The Hall–Kier alpha value is -2.44. The third-order valence-electron chi connectivity index (χ3n) is 4.71. The summed E-state index contributed by atoms with van der Waals surface area (Å²) in [6, 6.07) is 8.45. The Morgan fingerprint density at radius 2 is 2.19 bits per heavy atom. The normalized spacial score (nSPS) is 14.3. The lowest BCUT2D eigenvalue weighted by atomic mass is 10.0. The summed E-state index contributed by atoms with van der Waals surface area (Å²) in [4.78, 5) is 12.9. The highest BCUT2D eigenvalue weighted by Gasteiger charge is 2.21. The molecule has 1 aliphatic rings. The fourth-order valence-corrected chi connectivity index (χ4v) is 4.14. The van der Waals surface area contributed by atoms with Crippen molar-refractivity contribution in [1.82, 2.24) is 14.9 Å². The third kappa shape index (κ3) is 3.82. The summed E-state index contributed by atoms with van der Waals surface area (Å²) < 4.78 is 11.7. The topological polar surface area (TPSA) is 47.5 Å². The summed E-state index contributed by atoms with van der Waals surface area (Å²) in [6.45, 7) is 7.22.